The second-order valence-corrected chi connectivity index (χ2v) is 5.89. The van der Waals surface area contributed by atoms with Crippen molar-refractivity contribution in [3.8, 4) is 5.75 Å². The van der Waals surface area contributed by atoms with Gasteiger partial charge in [-0.05, 0) is 25.6 Å². The lowest BCUT2D eigenvalue weighted by molar-refractivity contribution is 0.0838. The Bertz CT molecular complexity index is 424. The van der Waals surface area contributed by atoms with Gasteiger partial charge in [0.2, 0.25) is 0 Å². The number of hydrogen-bond donors (Lipinski definition) is 1. The number of benzene rings is 1. The molecule has 1 aromatic carbocycles. The Morgan fingerprint density at radius 2 is 2.22 bits per heavy atom. The minimum absolute atomic E-state index is 0.0277. The van der Waals surface area contributed by atoms with Crippen LogP contribution in [0.25, 0.3) is 0 Å². The van der Waals surface area contributed by atoms with Gasteiger partial charge in [-0.2, -0.15) is 0 Å². The molecule has 4 nitrogen and oxygen atoms in total. The summed E-state index contributed by atoms with van der Waals surface area (Å²) >= 11 is 0. The van der Waals surface area contributed by atoms with Crippen molar-refractivity contribution in [3.63, 3.8) is 0 Å². The van der Waals surface area contributed by atoms with Gasteiger partial charge in [0.05, 0.1) is 34.7 Å². The zero-order valence-electron chi connectivity index (χ0n) is 10.7. The van der Waals surface area contributed by atoms with Crippen molar-refractivity contribution in [1.29, 1.82) is 0 Å². The Morgan fingerprint density at radius 1 is 1.44 bits per heavy atom. The molecule has 1 aromatic rings. The Morgan fingerprint density at radius 3 is 2.94 bits per heavy atom. The van der Waals surface area contributed by atoms with E-state index in [0.29, 0.717) is 12.4 Å². The Labute approximate surface area is 110 Å². The highest BCUT2D eigenvalue weighted by atomic mass is 32.2. The lowest BCUT2D eigenvalue weighted by atomic mass is 10.1. The molecule has 0 saturated carbocycles. The number of para-hydroxylation sites is 1. The van der Waals surface area contributed by atoms with Crippen molar-refractivity contribution in [1.82, 2.24) is 5.32 Å². The lowest BCUT2D eigenvalue weighted by Gasteiger charge is -2.30. The van der Waals surface area contributed by atoms with E-state index in [9.17, 15) is 4.21 Å². The summed E-state index contributed by atoms with van der Waals surface area (Å²) in [5, 5.41) is 3.20. The topological polar surface area (TPSA) is 47.6 Å². The number of nitrogens with one attached hydrogen (secondary N) is 1. The van der Waals surface area contributed by atoms with E-state index in [1.807, 2.05) is 31.3 Å². The summed E-state index contributed by atoms with van der Waals surface area (Å²) in [5.41, 5.74) is 0. The molecule has 0 bridgehead atoms. The first-order chi connectivity index (χ1) is 8.77. The molecule has 18 heavy (non-hydrogen) atoms. The molecule has 2 rings (SSSR count). The standard InChI is InChI=1S/C13H19NO3S/c1-14-10-7-8-17-9-13(10)18(15)12-6-4-3-5-11(12)16-2/h3-6,10,13-14H,7-9H2,1-2H3. The average Bonchev–Trinajstić information content (AvgIpc) is 2.46. The molecule has 1 aliphatic rings. The number of methoxy groups -OCH3 is 1. The van der Waals surface area contributed by atoms with Crippen LogP contribution in [0.3, 0.4) is 0 Å². The van der Waals surface area contributed by atoms with Crippen LogP contribution in [0.5, 0.6) is 5.75 Å². The van der Waals surface area contributed by atoms with E-state index in [-0.39, 0.29) is 11.3 Å². The Balaban J connectivity index is 2.24. The molecule has 1 saturated heterocycles. The zero-order chi connectivity index (χ0) is 13.0. The first kappa shape index (κ1) is 13.5. The third-order valence-corrected chi connectivity index (χ3v) is 5.02. The highest BCUT2D eigenvalue weighted by molar-refractivity contribution is 7.86. The fraction of sp³-hybridized carbons (Fsp3) is 0.538. The van der Waals surface area contributed by atoms with Crippen LogP contribution in [0.15, 0.2) is 29.2 Å². The molecule has 3 unspecified atom stereocenters. The van der Waals surface area contributed by atoms with E-state index in [4.69, 9.17) is 9.47 Å². The molecule has 0 radical (unpaired) electrons. The summed E-state index contributed by atoms with van der Waals surface area (Å²) in [6, 6.07) is 7.69. The van der Waals surface area contributed by atoms with E-state index in [1.165, 1.54) is 0 Å². The van der Waals surface area contributed by atoms with Gasteiger partial charge in [0.25, 0.3) is 0 Å². The van der Waals surface area contributed by atoms with Gasteiger partial charge in [0.15, 0.2) is 0 Å². The van der Waals surface area contributed by atoms with Crippen LogP contribution < -0.4 is 10.1 Å². The zero-order valence-corrected chi connectivity index (χ0v) is 11.5. The molecule has 1 heterocycles. The first-order valence-corrected chi connectivity index (χ1v) is 7.28. The third kappa shape index (κ3) is 2.74. The Kier molecular flexibility index (Phi) is 4.74. The number of ether oxygens (including phenoxy) is 2. The quantitative estimate of drug-likeness (QED) is 0.891. The predicted molar refractivity (Wildman–Crippen MR) is 71.5 cm³/mol. The minimum atomic E-state index is -1.12. The second-order valence-electron chi connectivity index (χ2n) is 4.25. The molecule has 0 aromatic heterocycles. The number of rotatable bonds is 4. The van der Waals surface area contributed by atoms with E-state index < -0.39 is 10.8 Å². The summed E-state index contributed by atoms with van der Waals surface area (Å²) in [6.07, 6.45) is 0.891. The molecule has 1 aliphatic heterocycles. The van der Waals surface area contributed by atoms with Crippen LogP contribution in [0.2, 0.25) is 0 Å². The summed E-state index contributed by atoms with van der Waals surface area (Å²) < 4.78 is 23.4. The molecule has 0 amide bonds. The van der Waals surface area contributed by atoms with Crippen LogP contribution in [-0.4, -0.2) is 42.9 Å². The normalized spacial score (nSPS) is 25.7. The van der Waals surface area contributed by atoms with Gasteiger partial charge in [0.1, 0.15) is 5.75 Å². The van der Waals surface area contributed by atoms with Crippen molar-refractivity contribution in [2.45, 2.75) is 22.6 Å². The maximum atomic E-state index is 12.7. The van der Waals surface area contributed by atoms with Gasteiger partial charge in [-0.1, -0.05) is 12.1 Å². The third-order valence-electron chi connectivity index (χ3n) is 3.24. The fourth-order valence-electron chi connectivity index (χ4n) is 2.20. The van der Waals surface area contributed by atoms with Crippen LogP contribution in [0, 0.1) is 0 Å². The van der Waals surface area contributed by atoms with Crippen LogP contribution >= 0.6 is 0 Å². The van der Waals surface area contributed by atoms with E-state index >= 15 is 0 Å². The summed E-state index contributed by atoms with van der Waals surface area (Å²) in [5.74, 6) is 0.677. The number of hydrogen-bond acceptors (Lipinski definition) is 4. The van der Waals surface area contributed by atoms with Crippen molar-refractivity contribution in [2.24, 2.45) is 0 Å². The Hall–Kier alpha value is -0.910. The molecular weight excluding hydrogens is 250 g/mol. The monoisotopic (exact) mass is 269 g/mol. The molecular formula is C13H19NO3S. The summed E-state index contributed by atoms with van der Waals surface area (Å²) in [7, 11) is 2.38. The molecule has 100 valence electrons. The maximum absolute atomic E-state index is 12.7. The second kappa shape index (κ2) is 6.31. The average molecular weight is 269 g/mol. The largest absolute Gasteiger partial charge is 0.495 e. The highest BCUT2D eigenvalue weighted by Gasteiger charge is 2.31. The molecule has 3 atom stereocenters. The van der Waals surface area contributed by atoms with Gasteiger partial charge in [-0.3, -0.25) is 4.21 Å². The lowest BCUT2D eigenvalue weighted by Crippen LogP contribution is -2.47. The van der Waals surface area contributed by atoms with Gasteiger partial charge < -0.3 is 14.8 Å². The van der Waals surface area contributed by atoms with Crippen LogP contribution in [-0.2, 0) is 15.5 Å². The van der Waals surface area contributed by atoms with Crippen molar-refractivity contribution in [3.05, 3.63) is 24.3 Å². The van der Waals surface area contributed by atoms with Crippen LogP contribution in [0.4, 0.5) is 0 Å². The molecule has 1 fully saturated rings. The minimum Gasteiger partial charge on any atom is -0.495 e. The van der Waals surface area contributed by atoms with Crippen molar-refractivity contribution >= 4 is 10.8 Å². The summed E-state index contributed by atoms with van der Waals surface area (Å²) in [6.45, 7) is 1.25. The maximum Gasteiger partial charge on any atom is 0.134 e. The smallest absolute Gasteiger partial charge is 0.134 e. The van der Waals surface area contributed by atoms with Gasteiger partial charge in [-0.25, -0.2) is 0 Å². The van der Waals surface area contributed by atoms with Gasteiger partial charge in [-0.15, -0.1) is 0 Å². The van der Waals surface area contributed by atoms with Crippen molar-refractivity contribution in [2.75, 3.05) is 27.4 Å². The fourth-order valence-corrected chi connectivity index (χ4v) is 3.88. The van der Waals surface area contributed by atoms with Crippen LogP contribution in [0.1, 0.15) is 6.42 Å². The molecule has 0 spiro atoms. The molecule has 1 N–H and O–H groups in total. The van der Waals surface area contributed by atoms with Gasteiger partial charge in [0, 0.05) is 12.6 Å². The highest BCUT2D eigenvalue weighted by Crippen LogP contribution is 2.26. The van der Waals surface area contributed by atoms with Gasteiger partial charge >= 0.3 is 0 Å². The van der Waals surface area contributed by atoms with E-state index in [2.05, 4.69) is 5.32 Å². The van der Waals surface area contributed by atoms with Crippen molar-refractivity contribution < 1.29 is 13.7 Å². The molecule has 0 aliphatic carbocycles. The summed E-state index contributed by atoms with van der Waals surface area (Å²) in [4.78, 5) is 0.746. The molecule has 5 heteroatoms. The first-order valence-electron chi connectivity index (χ1n) is 6.06. The van der Waals surface area contributed by atoms with E-state index in [0.717, 1.165) is 17.9 Å². The van der Waals surface area contributed by atoms with E-state index in [1.54, 1.807) is 7.11 Å². The predicted octanol–water partition coefficient (Wildman–Crippen LogP) is 1.18. The SMILES string of the molecule is CNC1CCOCC1S(=O)c1ccccc1OC.